The van der Waals surface area contributed by atoms with Crippen molar-refractivity contribution < 1.29 is 23.5 Å². The van der Waals surface area contributed by atoms with Gasteiger partial charge in [-0.1, -0.05) is 12.1 Å². The van der Waals surface area contributed by atoms with Gasteiger partial charge >= 0.3 is 5.97 Å². The van der Waals surface area contributed by atoms with Crippen molar-refractivity contribution in [2.24, 2.45) is 0 Å². The van der Waals surface area contributed by atoms with E-state index in [0.29, 0.717) is 0 Å². The summed E-state index contributed by atoms with van der Waals surface area (Å²) in [5, 5.41) is 0. The summed E-state index contributed by atoms with van der Waals surface area (Å²) in [6, 6.07) is 5.25. The van der Waals surface area contributed by atoms with Gasteiger partial charge < -0.3 is 9.64 Å². The molecule has 0 radical (unpaired) electrons. The van der Waals surface area contributed by atoms with Crippen molar-refractivity contribution in [2.45, 2.75) is 6.92 Å². The second-order valence-corrected chi connectivity index (χ2v) is 4.36. The molecule has 0 aromatic heterocycles. The first-order valence-corrected chi connectivity index (χ1v) is 6.27. The van der Waals surface area contributed by atoms with Crippen molar-refractivity contribution in [3.63, 3.8) is 0 Å². The molecule has 0 unspecified atom stereocenters. The van der Waals surface area contributed by atoms with Crippen LogP contribution in [0.5, 0.6) is 0 Å². The molecule has 0 fully saturated rings. The molecule has 0 N–H and O–H groups in total. The number of hydrogen-bond acceptors (Lipinski definition) is 5. The predicted molar refractivity (Wildman–Crippen MR) is 74.1 cm³/mol. The molecule has 0 saturated carbocycles. The van der Waals surface area contributed by atoms with E-state index in [4.69, 9.17) is 0 Å². The summed E-state index contributed by atoms with van der Waals surface area (Å²) < 4.78 is 18.2. The van der Waals surface area contributed by atoms with E-state index in [0.717, 1.165) is 6.07 Å². The van der Waals surface area contributed by atoms with Gasteiger partial charge in [0.1, 0.15) is 5.82 Å². The highest BCUT2D eigenvalue weighted by atomic mass is 19.1. The summed E-state index contributed by atoms with van der Waals surface area (Å²) in [6.45, 7) is 1.55. The van der Waals surface area contributed by atoms with Gasteiger partial charge in [-0.2, -0.15) is 0 Å². The summed E-state index contributed by atoms with van der Waals surface area (Å²) in [4.78, 5) is 37.2. The third kappa shape index (κ3) is 4.24. The zero-order chi connectivity index (χ0) is 16.0. The molecule has 1 aromatic rings. The fourth-order valence-corrected chi connectivity index (χ4v) is 1.58. The number of halogens is 1. The Morgan fingerprint density at radius 2 is 1.86 bits per heavy atom. The minimum atomic E-state index is -1.14. The van der Waals surface area contributed by atoms with E-state index in [1.54, 1.807) is 21.0 Å². The molecule has 21 heavy (non-hydrogen) atoms. The van der Waals surface area contributed by atoms with Crippen LogP contribution in [0.2, 0.25) is 0 Å². The standard InChI is InChI=1S/C15H16FNO4/c1-4-21-15(20)14(19)11(9-17(2)3)13(18)10-7-5-6-8-12(10)16/h5-9H,4H2,1-3H3. The van der Waals surface area contributed by atoms with Gasteiger partial charge in [0, 0.05) is 20.3 Å². The van der Waals surface area contributed by atoms with Gasteiger partial charge in [0.05, 0.1) is 17.7 Å². The SMILES string of the molecule is CCOC(=O)C(=O)C(=CN(C)C)C(=O)c1ccccc1F. The summed E-state index contributed by atoms with van der Waals surface area (Å²) in [5.41, 5.74) is -0.716. The molecule has 0 aliphatic carbocycles. The molecule has 0 saturated heterocycles. The zero-order valence-electron chi connectivity index (χ0n) is 12.1. The summed E-state index contributed by atoms with van der Waals surface area (Å²) in [5.74, 6) is -3.86. The van der Waals surface area contributed by atoms with Crippen LogP contribution in [-0.2, 0) is 14.3 Å². The number of ether oxygens (including phenoxy) is 1. The third-order valence-corrected chi connectivity index (χ3v) is 2.46. The average molecular weight is 293 g/mol. The molecule has 5 nitrogen and oxygen atoms in total. The molecule has 1 aromatic carbocycles. The van der Waals surface area contributed by atoms with E-state index >= 15 is 0 Å². The molecule has 0 atom stereocenters. The molecule has 0 spiro atoms. The van der Waals surface area contributed by atoms with Crippen molar-refractivity contribution in [3.05, 3.63) is 47.4 Å². The van der Waals surface area contributed by atoms with Crippen LogP contribution in [0.1, 0.15) is 17.3 Å². The van der Waals surface area contributed by atoms with Crippen molar-refractivity contribution >= 4 is 17.5 Å². The number of Topliss-reactive ketones (excluding diaryl/α,β-unsaturated/α-hetero) is 2. The second-order valence-electron chi connectivity index (χ2n) is 4.36. The van der Waals surface area contributed by atoms with Gasteiger partial charge in [0.15, 0.2) is 0 Å². The van der Waals surface area contributed by atoms with E-state index in [9.17, 15) is 18.8 Å². The van der Waals surface area contributed by atoms with Crippen molar-refractivity contribution in [3.8, 4) is 0 Å². The Morgan fingerprint density at radius 1 is 1.24 bits per heavy atom. The maximum atomic E-state index is 13.7. The number of esters is 1. The lowest BCUT2D eigenvalue weighted by molar-refractivity contribution is -0.151. The average Bonchev–Trinajstić information content (AvgIpc) is 2.44. The molecule has 1 rings (SSSR count). The fraction of sp³-hybridized carbons (Fsp3) is 0.267. The van der Waals surface area contributed by atoms with Crippen molar-refractivity contribution in [1.82, 2.24) is 4.90 Å². The lowest BCUT2D eigenvalue weighted by Gasteiger charge is -2.10. The number of ketones is 2. The largest absolute Gasteiger partial charge is 0.460 e. The van der Waals surface area contributed by atoms with E-state index in [1.807, 2.05) is 0 Å². The summed E-state index contributed by atoms with van der Waals surface area (Å²) in [7, 11) is 3.15. The maximum absolute atomic E-state index is 13.7. The molecule has 0 bridgehead atoms. The van der Waals surface area contributed by atoms with Crippen LogP contribution >= 0.6 is 0 Å². The van der Waals surface area contributed by atoms with Gasteiger partial charge in [0.25, 0.3) is 5.78 Å². The van der Waals surface area contributed by atoms with E-state index < -0.39 is 28.9 Å². The first-order chi connectivity index (χ1) is 9.88. The fourth-order valence-electron chi connectivity index (χ4n) is 1.58. The highest BCUT2D eigenvalue weighted by molar-refractivity contribution is 6.48. The smallest absolute Gasteiger partial charge is 0.379 e. The minimum Gasteiger partial charge on any atom is -0.460 e. The van der Waals surface area contributed by atoms with E-state index in [1.165, 1.54) is 29.3 Å². The first-order valence-electron chi connectivity index (χ1n) is 6.27. The van der Waals surface area contributed by atoms with Gasteiger partial charge in [-0.05, 0) is 19.1 Å². The Hall–Kier alpha value is -2.50. The number of rotatable bonds is 6. The van der Waals surface area contributed by atoms with Gasteiger partial charge in [-0.15, -0.1) is 0 Å². The minimum absolute atomic E-state index is 0.00765. The van der Waals surface area contributed by atoms with Gasteiger partial charge in [-0.25, -0.2) is 9.18 Å². The number of nitrogens with zero attached hydrogens (tertiary/aromatic N) is 1. The molecule has 0 amide bonds. The molecule has 0 aliphatic rings. The van der Waals surface area contributed by atoms with Crippen LogP contribution in [0.3, 0.4) is 0 Å². The lowest BCUT2D eigenvalue weighted by Crippen LogP contribution is -2.26. The number of benzene rings is 1. The van der Waals surface area contributed by atoms with Crippen LogP contribution in [-0.4, -0.2) is 43.1 Å². The molecule has 112 valence electrons. The lowest BCUT2D eigenvalue weighted by atomic mass is 10.00. The monoisotopic (exact) mass is 293 g/mol. The molecule has 0 heterocycles. The van der Waals surface area contributed by atoms with Gasteiger partial charge in [0.2, 0.25) is 5.78 Å². The van der Waals surface area contributed by atoms with Crippen LogP contribution in [0.4, 0.5) is 4.39 Å². The normalized spacial score (nSPS) is 11.0. The first kappa shape index (κ1) is 16.6. The van der Waals surface area contributed by atoms with Crippen LogP contribution in [0, 0.1) is 5.82 Å². The summed E-state index contributed by atoms with van der Waals surface area (Å²) in [6.07, 6.45) is 1.17. The van der Waals surface area contributed by atoms with Crippen LogP contribution in [0.25, 0.3) is 0 Å². The maximum Gasteiger partial charge on any atom is 0.379 e. The molecule has 6 heteroatoms. The topological polar surface area (TPSA) is 63.7 Å². The van der Waals surface area contributed by atoms with Crippen LogP contribution < -0.4 is 0 Å². The third-order valence-electron chi connectivity index (χ3n) is 2.46. The number of hydrogen-bond donors (Lipinski definition) is 0. The molecular formula is C15H16FNO4. The summed E-state index contributed by atoms with van der Waals surface area (Å²) >= 11 is 0. The number of carbonyl (C=O) groups excluding carboxylic acids is 3. The molecular weight excluding hydrogens is 277 g/mol. The quantitative estimate of drug-likeness (QED) is 0.199. The van der Waals surface area contributed by atoms with Crippen LogP contribution in [0.15, 0.2) is 36.0 Å². The molecule has 0 aliphatic heterocycles. The predicted octanol–water partition coefficient (Wildman–Crippen LogP) is 1.59. The van der Waals surface area contributed by atoms with E-state index in [-0.39, 0.29) is 12.2 Å². The zero-order valence-corrected chi connectivity index (χ0v) is 12.1. The highest BCUT2D eigenvalue weighted by Gasteiger charge is 2.28. The Morgan fingerprint density at radius 3 is 2.38 bits per heavy atom. The Balaban J connectivity index is 3.21. The Labute approximate surface area is 122 Å². The second kappa shape index (κ2) is 7.33. The Kier molecular flexibility index (Phi) is 5.78. The van der Waals surface area contributed by atoms with Crippen molar-refractivity contribution in [2.75, 3.05) is 20.7 Å². The van der Waals surface area contributed by atoms with E-state index in [2.05, 4.69) is 4.74 Å². The van der Waals surface area contributed by atoms with Gasteiger partial charge in [-0.3, -0.25) is 9.59 Å². The van der Waals surface area contributed by atoms with Crippen molar-refractivity contribution in [1.29, 1.82) is 0 Å². The number of carbonyl (C=O) groups is 3. The highest BCUT2D eigenvalue weighted by Crippen LogP contribution is 2.14. The Bertz CT molecular complexity index is 593.